The quantitative estimate of drug-likeness (QED) is 0.855. The third-order valence-electron chi connectivity index (χ3n) is 3.85. The lowest BCUT2D eigenvalue weighted by molar-refractivity contribution is -0.121. The van der Waals surface area contributed by atoms with Crippen molar-refractivity contribution < 1.29 is 14.4 Å². The van der Waals surface area contributed by atoms with Gasteiger partial charge < -0.3 is 5.32 Å². The maximum Gasteiger partial charge on any atom is 0.247 e. The molecule has 1 fully saturated rings. The summed E-state index contributed by atoms with van der Waals surface area (Å²) >= 11 is 1.37. The predicted octanol–water partition coefficient (Wildman–Crippen LogP) is 3.38. The molecule has 6 heteroatoms. The number of nitrogens with zero attached hydrogens (tertiary/aromatic N) is 1. The number of anilines is 2. The predicted molar refractivity (Wildman–Crippen MR) is 98.7 cm³/mol. The molecular weight excluding hydrogens is 336 g/mol. The zero-order valence-electron chi connectivity index (χ0n) is 14.0. The lowest BCUT2D eigenvalue weighted by Gasteiger charge is -2.15. The van der Waals surface area contributed by atoms with Crippen LogP contribution in [0.1, 0.15) is 18.9 Å². The molecule has 0 spiro atoms. The van der Waals surface area contributed by atoms with Gasteiger partial charge in [-0.2, -0.15) is 0 Å². The molecule has 0 bridgehead atoms. The lowest BCUT2D eigenvalue weighted by Crippen LogP contribution is -2.31. The van der Waals surface area contributed by atoms with E-state index >= 15 is 0 Å². The average Bonchev–Trinajstić information content (AvgIpc) is 2.84. The fourth-order valence-corrected chi connectivity index (χ4v) is 3.70. The second-order valence-electron chi connectivity index (χ2n) is 5.92. The van der Waals surface area contributed by atoms with Gasteiger partial charge in [-0.25, -0.2) is 4.90 Å². The molecule has 1 saturated heterocycles. The van der Waals surface area contributed by atoms with Crippen LogP contribution in [-0.4, -0.2) is 23.0 Å². The van der Waals surface area contributed by atoms with Crippen LogP contribution in [-0.2, 0) is 14.4 Å². The molecule has 1 heterocycles. The van der Waals surface area contributed by atoms with E-state index in [2.05, 4.69) is 5.32 Å². The summed E-state index contributed by atoms with van der Waals surface area (Å²) in [4.78, 5) is 38.1. The molecule has 0 radical (unpaired) electrons. The van der Waals surface area contributed by atoms with Gasteiger partial charge in [-0.15, -0.1) is 11.8 Å². The van der Waals surface area contributed by atoms with Gasteiger partial charge in [0, 0.05) is 23.9 Å². The Morgan fingerprint density at radius 3 is 2.32 bits per heavy atom. The lowest BCUT2D eigenvalue weighted by atomic mass is 10.2. The van der Waals surface area contributed by atoms with E-state index in [0.29, 0.717) is 11.4 Å². The second-order valence-corrected chi connectivity index (χ2v) is 7.20. The first-order valence-corrected chi connectivity index (χ1v) is 8.80. The molecule has 1 N–H and O–H groups in total. The van der Waals surface area contributed by atoms with Gasteiger partial charge in [0.1, 0.15) is 0 Å². The Morgan fingerprint density at radius 2 is 1.72 bits per heavy atom. The van der Waals surface area contributed by atoms with Crippen LogP contribution in [0.15, 0.2) is 53.4 Å². The minimum Gasteiger partial charge on any atom is -0.326 e. The first kappa shape index (κ1) is 17.2. The number of thioether (sulfide) groups is 1. The summed E-state index contributed by atoms with van der Waals surface area (Å²) in [5.74, 6) is -0.503. The van der Waals surface area contributed by atoms with Crippen molar-refractivity contribution in [2.24, 2.45) is 0 Å². The largest absolute Gasteiger partial charge is 0.326 e. The van der Waals surface area contributed by atoms with E-state index in [9.17, 15) is 14.4 Å². The first-order valence-electron chi connectivity index (χ1n) is 7.92. The van der Waals surface area contributed by atoms with Crippen LogP contribution in [0.2, 0.25) is 0 Å². The molecule has 1 aliphatic heterocycles. The van der Waals surface area contributed by atoms with Crippen molar-refractivity contribution >= 4 is 40.9 Å². The van der Waals surface area contributed by atoms with Crippen molar-refractivity contribution in [3.05, 3.63) is 54.1 Å². The van der Waals surface area contributed by atoms with Gasteiger partial charge in [0.25, 0.3) is 0 Å². The van der Waals surface area contributed by atoms with E-state index < -0.39 is 5.25 Å². The van der Waals surface area contributed by atoms with Crippen LogP contribution >= 0.6 is 11.8 Å². The second kappa shape index (κ2) is 7.11. The number of benzene rings is 2. The van der Waals surface area contributed by atoms with Crippen molar-refractivity contribution in [2.45, 2.75) is 30.4 Å². The summed E-state index contributed by atoms with van der Waals surface area (Å²) in [6, 6.07) is 14.6. The number of rotatable bonds is 4. The Hall–Kier alpha value is -2.60. The SMILES string of the molecule is CC(=O)Nc1ccc(SC2CC(=O)N(c3ccc(C)cc3)C2=O)cc1. The summed E-state index contributed by atoms with van der Waals surface area (Å²) in [6.07, 6.45) is 0.185. The van der Waals surface area contributed by atoms with Crippen molar-refractivity contribution in [3.8, 4) is 0 Å². The van der Waals surface area contributed by atoms with Gasteiger partial charge in [0.15, 0.2) is 0 Å². The minimum absolute atomic E-state index is 0.134. The number of carbonyl (C=O) groups is 3. The monoisotopic (exact) mass is 354 g/mol. The molecule has 0 aromatic heterocycles. The molecule has 0 saturated carbocycles. The van der Waals surface area contributed by atoms with E-state index in [1.165, 1.54) is 23.6 Å². The van der Waals surface area contributed by atoms with Crippen molar-refractivity contribution in [2.75, 3.05) is 10.2 Å². The molecule has 1 atom stereocenters. The summed E-state index contributed by atoms with van der Waals surface area (Å²) in [5.41, 5.74) is 2.39. The highest BCUT2D eigenvalue weighted by atomic mass is 32.2. The molecule has 25 heavy (non-hydrogen) atoms. The van der Waals surface area contributed by atoms with E-state index in [0.717, 1.165) is 10.5 Å². The van der Waals surface area contributed by atoms with Gasteiger partial charge in [0.05, 0.1) is 10.9 Å². The van der Waals surface area contributed by atoms with Crippen LogP contribution < -0.4 is 10.2 Å². The zero-order chi connectivity index (χ0) is 18.0. The fourth-order valence-electron chi connectivity index (χ4n) is 2.65. The molecule has 3 amide bonds. The molecule has 2 aromatic rings. The maximum absolute atomic E-state index is 12.6. The highest BCUT2D eigenvalue weighted by Gasteiger charge is 2.40. The number of hydrogen-bond donors (Lipinski definition) is 1. The first-order chi connectivity index (χ1) is 11.9. The Labute approximate surface area is 150 Å². The Morgan fingerprint density at radius 1 is 1.08 bits per heavy atom. The number of imide groups is 1. The third kappa shape index (κ3) is 3.91. The Balaban J connectivity index is 1.71. The maximum atomic E-state index is 12.6. The van der Waals surface area contributed by atoms with E-state index in [1.807, 2.05) is 31.2 Å². The van der Waals surface area contributed by atoms with E-state index in [1.54, 1.807) is 24.3 Å². The van der Waals surface area contributed by atoms with Crippen molar-refractivity contribution in [1.29, 1.82) is 0 Å². The normalized spacial score (nSPS) is 17.0. The van der Waals surface area contributed by atoms with Crippen LogP contribution in [0, 0.1) is 6.92 Å². The number of carbonyl (C=O) groups excluding carboxylic acids is 3. The van der Waals surface area contributed by atoms with Crippen LogP contribution in [0.4, 0.5) is 11.4 Å². The molecule has 1 aliphatic rings. The molecule has 2 aromatic carbocycles. The highest BCUT2D eigenvalue weighted by Crippen LogP contribution is 2.34. The molecule has 128 valence electrons. The number of amides is 3. The Bertz CT molecular complexity index is 816. The van der Waals surface area contributed by atoms with Gasteiger partial charge in [0.2, 0.25) is 17.7 Å². The molecule has 0 aliphatic carbocycles. The van der Waals surface area contributed by atoms with Crippen LogP contribution in [0.25, 0.3) is 0 Å². The summed E-state index contributed by atoms with van der Waals surface area (Å²) in [6.45, 7) is 3.41. The molecule has 5 nitrogen and oxygen atoms in total. The number of aryl methyl sites for hydroxylation is 1. The van der Waals surface area contributed by atoms with Crippen molar-refractivity contribution in [1.82, 2.24) is 0 Å². The minimum atomic E-state index is -0.430. The fraction of sp³-hybridized carbons (Fsp3) is 0.211. The zero-order valence-corrected chi connectivity index (χ0v) is 14.8. The van der Waals surface area contributed by atoms with E-state index in [4.69, 9.17) is 0 Å². The van der Waals surface area contributed by atoms with Crippen LogP contribution in [0.3, 0.4) is 0 Å². The number of nitrogens with one attached hydrogen (secondary N) is 1. The van der Waals surface area contributed by atoms with E-state index in [-0.39, 0.29) is 24.1 Å². The molecular formula is C19H18N2O3S. The van der Waals surface area contributed by atoms with Crippen molar-refractivity contribution in [3.63, 3.8) is 0 Å². The summed E-state index contributed by atoms with van der Waals surface area (Å²) in [7, 11) is 0. The average molecular weight is 354 g/mol. The third-order valence-corrected chi connectivity index (χ3v) is 5.05. The van der Waals surface area contributed by atoms with Gasteiger partial charge in [-0.3, -0.25) is 14.4 Å². The van der Waals surface area contributed by atoms with Gasteiger partial charge >= 0.3 is 0 Å². The number of hydrogen-bond acceptors (Lipinski definition) is 4. The highest BCUT2D eigenvalue weighted by molar-refractivity contribution is 8.00. The van der Waals surface area contributed by atoms with Crippen LogP contribution in [0.5, 0.6) is 0 Å². The van der Waals surface area contributed by atoms with Gasteiger partial charge in [-0.1, -0.05) is 17.7 Å². The van der Waals surface area contributed by atoms with Gasteiger partial charge in [-0.05, 0) is 43.3 Å². The summed E-state index contributed by atoms with van der Waals surface area (Å²) < 4.78 is 0. The molecule has 3 rings (SSSR count). The smallest absolute Gasteiger partial charge is 0.247 e. The molecule has 1 unspecified atom stereocenters. The standard InChI is InChI=1S/C19H18N2O3S/c1-12-3-7-15(8-4-12)21-18(23)11-17(19(21)24)25-16-9-5-14(6-10-16)20-13(2)22/h3-10,17H,11H2,1-2H3,(H,20,22). The summed E-state index contributed by atoms with van der Waals surface area (Å²) in [5, 5.41) is 2.27. The Kier molecular flexibility index (Phi) is 4.90. The topological polar surface area (TPSA) is 66.5 Å².